The number of hydrogen-bond acceptors (Lipinski definition) is 4. The van der Waals surface area contributed by atoms with Crippen molar-refractivity contribution in [1.29, 1.82) is 0 Å². The molecule has 0 spiro atoms. The number of rotatable bonds is 4. The number of alkyl halides is 1. The van der Waals surface area contributed by atoms with Gasteiger partial charge in [-0.05, 0) is 32.6 Å². The van der Waals surface area contributed by atoms with Crippen molar-refractivity contribution in [3.05, 3.63) is 11.9 Å². The maximum Gasteiger partial charge on any atom is 0.218 e. The van der Waals surface area contributed by atoms with Crippen molar-refractivity contribution < 1.29 is 4.74 Å². The number of anilines is 1. The molecule has 1 fully saturated rings. The number of halogens is 1. The number of nitrogens with zero attached hydrogens (tertiary/aromatic N) is 3. The normalized spacial score (nSPS) is 19.9. The first-order valence-corrected chi connectivity index (χ1v) is 7.64. The van der Waals surface area contributed by atoms with Crippen LogP contribution in [0.3, 0.4) is 0 Å². The standard InChI is InChI=1S/C13H20BrN3O/c1-3-18-13-7-12(15-10(2)16-13)17-6-4-5-11(8-14)9-17/h7,11H,3-6,8-9H2,1-2H3. The summed E-state index contributed by atoms with van der Waals surface area (Å²) in [6, 6.07) is 1.95. The summed E-state index contributed by atoms with van der Waals surface area (Å²) < 4.78 is 5.48. The summed E-state index contributed by atoms with van der Waals surface area (Å²) in [7, 11) is 0. The molecule has 2 heterocycles. The van der Waals surface area contributed by atoms with Crippen molar-refractivity contribution in [3.63, 3.8) is 0 Å². The molecule has 1 atom stereocenters. The van der Waals surface area contributed by atoms with Crippen LogP contribution < -0.4 is 9.64 Å². The lowest BCUT2D eigenvalue weighted by Gasteiger charge is -2.32. The molecule has 0 bridgehead atoms. The molecule has 0 amide bonds. The fraction of sp³-hybridized carbons (Fsp3) is 0.692. The van der Waals surface area contributed by atoms with Gasteiger partial charge >= 0.3 is 0 Å². The minimum atomic E-state index is 0.639. The fourth-order valence-electron chi connectivity index (χ4n) is 2.31. The Morgan fingerprint density at radius 3 is 3.06 bits per heavy atom. The van der Waals surface area contributed by atoms with E-state index in [0.717, 1.165) is 30.1 Å². The third kappa shape index (κ3) is 3.34. The summed E-state index contributed by atoms with van der Waals surface area (Å²) >= 11 is 3.58. The van der Waals surface area contributed by atoms with Crippen LogP contribution in [0.1, 0.15) is 25.6 Å². The van der Waals surface area contributed by atoms with Gasteiger partial charge < -0.3 is 9.64 Å². The third-order valence-electron chi connectivity index (χ3n) is 3.15. The highest BCUT2D eigenvalue weighted by Gasteiger charge is 2.20. The van der Waals surface area contributed by atoms with Gasteiger partial charge in [0.2, 0.25) is 5.88 Å². The highest BCUT2D eigenvalue weighted by molar-refractivity contribution is 9.09. The zero-order chi connectivity index (χ0) is 13.0. The number of aryl methyl sites for hydroxylation is 1. The van der Waals surface area contributed by atoms with Gasteiger partial charge in [0.05, 0.1) is 6.61 Å². The van der Waals surface area contributed by atoms with Crippen LogP contribution in [0.4, 0.5) is 5.82 Å². The molecule has 1 saturated heterocycles. The van der Waals surface area contributed by atoms with Gasteiger partial charge in [0, 0.05) is 24.5 Å². The van der Waals surface area contributed by atoms with E-state index < -0.39 is 0 Å². The van der Waals surface area contributed by atoms with Gasteiger partial charge in [0.25, 0.3) is 0 Å². The number of hydrogen-bond donors (Lipinski definition) is 0. The molecule has 1 aliphatic heterocycles. The predicted molar refractivity (Wildman–Crippen MR) is 76.7 cm³/mol. The molecule has 1 aromatic rings. The summed E-state index contributed by atoms with van der Waals surface area (Å²) in [4.78, 5) is 11.2. The molecule has 0 aromatic carbocycles. The topological polar surface area (TPSA) is 38.2 Å². The smallest absolute Gasteiger partial charge is 0.218 e. The van der Waals surface area contributed by atoms with E-state index in [-0.39, 0.29) is 0 Å². The Labute approximate surface area is 117 Å². The minimum Gasteiger partial charge on any atom is -0.478 e. The minimum absolute atomic E-state index is 0.639. The molecule has 18 heavy (non-hydrogen) atoms. The summed E-state index contributed by atoms with van der Waals surface area (Å²) in [6.07, 6.45) is 2.52. The second kappa shape index (κ2) is 6.36. The fourth-order valence-corrected chi connectivity index (χ4v) is 2.84. The lowest BCUT2D eigenvalue weighted by Crippen LogP contribution is -2.36. The molecule has 1 unspecified atom stereocenters. The molecular weight excluding hydrogens is 294 g/mol. The van der Waals surface area contributed by atoms with Gasteiger partial charge in [0.1, 0.15) is 11.6 Å². The van der Waals surface area contributed by atoms with Crippen LogP contribution in [0.2, 0.25) is 0 Å². The molecule has 1 aliphatic rings. The Balaban J connectivity index is 2.16. The lowest BCUT2D eigenvalue weighted by molar-refractivity contribution is 0.325. The quantitative estimate of drug-likeness (QED) is 0.801. The molecule has 0 saturated carbocycles. The number of piperidine rings is 1. The van der Waals surface area contributed by atoms with E-state index in [1.807, 2.05) is 19.9 Å². The average molecular weight is 314 g/mol. The SMILES string of the molecule is CCOc1cc(N2CCCC(CBr)C2)nc(C)n1. The van der Waals surface area contributed by atoms with Gasteiger partial charge in [0.15, 0.2) is 0 Å². The molecule has 1 aromatic heterocycles. The van der Waals surface area contributed by atoms with Gasteiger partial charge in [-0.3, -0.25) is 0 Å². The monoisotopic (exact) mass is 313 g/mol. The molecule has 100 valence electrons. The first-order valence-electron chi connectivity index (χ1n) is 6.52. The van der Waals surface area contributed by atoms with Crippen molar-refractivity contribution >= 4 is 21.7 Å². The zero-order valence-electron chi connectivity index (χ0n) is 11.0. The molecule has 0 radical (unpaired) electrons. The second-order valence-corrected chi connectivity index (χ2v) is 5.30. The maximum atomic E-state index is 5.48. The predicted octanol–water partition coefficient (Wildman–Crippen LogP) is 2.80. The van der Waals surface area contributed by atoms with Gasteiger partial charge in [-0.15, -0.1) is 0 Å². The summed E-state index contributed by atoms with van der Waals surface area (Å²) in [6.45, 7) is 6.66. The summed E-state index contributed by atoms with van der Waals surface area (Å²) in [5.74, 6) is 3.17. The first kappa shape index (κ1) is 13.6. The molecule has 4 nitrogen and oxygen atoms in total. The van der Waals surface area contributed by atoms with Crippen LogP contribution in [0, 0.1) is 12.8 Å². The third-order valence-corrected chi connectivity index (χ3v) is 4.07. The van der Waals surface area contributed by atoms with E-state index in [2.05, 4.69) is 30.8 Å². The molecule has 0 N–H and O–H groups in total. The van der Waals surface area contributed by atoms with Crippen LogP contribution in [0.5, 0.6) is 5.88 Å². The number of aromatic nitrogens is 2. The van der Waals surface area contributed by atoms with Gasteiger partial charge in [-0.2, -0.15) is 4.98 Å². The van der Waals surface area contributed by atoms with Crippen molar-refractivity contribution in [3.8, 4) is 5.88 Å². The molecule has 2 rings (SSSR count). The highest BCUT2D eigenvalue weighted by Crippen LogP contribution is 2.24. The van der Waals surface area contributed by atoms with Crippen molar-refractivity contribution in [2.24, 2.45) is 5.92 Å². The Bertz CT molecular complexity index is 400. The Morgan fingerprint density at radius 2 is 2.33 bits per heavy atom. The van der Waals surface area contributed by atoms with Crippen molar-refractivity contribution in [2.75, 3.05) is 29.9 Å². The zero-order valence-corrected chi connectivity index (χ0v) is 12.6. The largest absolute Gasteiger partial charge is 0.478 e. The van der Waals surface area contributed by atoms with Crippen molar-refractivity contribution in [2.45, 2.75) is 26.7 Å². The van der Waals surface area contributed by atoms with E-state index in [1.54, 1.807) is 0 Å². The van der Waals surface area contributed by atoms with Crippen LogP contribution in [0.25, 0.3) is 0 Å². The van der Waals surface area contributed by atoms with E-state index >= 15 is 0 Å². The lowest BCUT2D eigenvalue weighted by atomic mass is 10.0. The van der Waals surface area contributed by atoms with Gasteiger partial charge in [-0.25, -0.2) is 4.98 Å². The van der Waals surface area contributed by atoms with E-state index in [1.165, 1.54) is 12.8 Å². The van der Waals surface area contributed by atoms with Crippen LogP contribution in [-0.4, -0.2) is 35.0 Å². The molecule has 5 heteroatoms. The van der Waals surface area contributed by atoms with E-state index in [9.17, 15) is 0 Å². The Kier molecular flexibility index (Phi) is 4.80. The Morgan fingerprint density at radius 1 is 1.50 bits per heavy atom. The van der Waals surface area contributed by atoms with Crippen LogP contribution in [-0.2, 0) is 0 Å². The van der Waals surface area contributed by atoms with E-state index in [4.69, 9.17) is 4.74 Å². The molecule has 0 aliphatic carbocycles. The van der Waals surface area contributed by atoms with E-state index in [0.29, 0.717) is 18.4 Å². The maximum absolute atomic E-state index is 5.48. The highest BCUT2D eigenvalue weighted by atomic mass is 79.9. The van der Waals surface area contributed by atoms with Crippen LogP contribution >= 0.6 is 15.9 Å². The van der Waals surface area contributed by atoms with Gasteiger partial charge in [-0.1, -0.05) is 15.9 Å². The number of ether oxygens (including phenoxy) is 1. The summed E-state index contributed by atoms with van der Waals surface area (Å²) in [5, 5.41) is 1.06. The average Bonchev–Trinajstić information content (AvgIpc) is 2.38. The molecular formula is C13H20BrN3O. The first-order chi connectivity index (χ1) is 8.72. The van der Waals surface area contributed by atoms with Crippen LogP contribution in [0.15, 0.2) is 6.07 Å². The Hall–Kier alpha value is -0.840. The van der Waals surface area contributed by atoms with Crippen molar-refractivity contribution in [1.82, 2.24) is 9.97 Å². The summed E-state index contributed by atoms with van der Waals surface area (Å²) in [5.41, 5.74) is 0. The second-order valence-electron chi connectivity index (χ2n) is 4.65.